The monoisotopic (exact) mass is 340 g/mol. The lowest BCUT2D eigenvalue weighted by molar-refractivity contribution is 0.626. The van der Waals surface area contributed by atoms with Crippen LogP contribution in [0, 0.1) is 5.82 Å². The van der Waals surface area contributed by atoms with Crippen molar-refractivity contribution in [2.75, 3.05) is 0 Å². The van der Waals surface area contributed by atoms with Crippen LogP contribution in [0.5, 0.6) is 0 Å². The number of rotatable bonds is 3. The highest BCUT2D eigenvalue weighted by Crippen LogP contribution is 2.37. The molecular weight excluding hydrogens is 323 g/mol. The average Bonchev–Trinajstić information content (AvgIpc) is 3.28. The zero-order chi connectivity index (χ0) is 17.5. The van der Waals surface area contributed by atoms with E-state index in [1.165, 1.54) is 28.5 Å². The number of H-pyrrole nitrogens is 2. The molecular formula is C23H17FN2. The van der Waals surface area contributed by atoms with Gasteiger partial charge < -0.3 is 9.97 Å². The molecule has 0 saturated carbocycles. The van der Waals surface area contributed by atoms with Crippen LogP contribution in [0.2, 0.25) is 0 Å². The van der Waals surface area contributed by atoms with Gasteiger partial charge in [-0.15, -0.1) is 0 Å². The van der Waals surface area contributed by atoms with Crippen LogP contribution < -0.4 is 0 Å². The SMILES string of the molecule is Fc1ccc(C(c2cc3ccccc3[nH]2)c2c[nH]c3ccccc23)cc1. The number of benzene rings is 3. The van der Waals surface area contributed by atoms with E-state index in [-0.39, 0.29) is 11.7 Å². The second kappa shape index (κ2) is 5.88. The van der Waals surface area contributed by atoms with Crippen LogP contribution in [-0.2, 0) is 0 Å². The van der Waals surface area contributed by atoms with E-state index >= 15 is 0 Å². The van der Waals surface area contributed by atoms with Gasteiger partial charge in [0.15, 0.2) is 0 Å². The maximum atomic E-state index is 13.5. The van der Waals surface area contributed by atoms with Gasteiger partial charge in [0.2, 0.25) is 0 Å². The Morgan fingerprint density at radius 1 is 0.769 bits per heavy atom. The molecule has 2 aromatic heterocycles. The van der Waals surface area contributed by atoms with Gasteiger partial charge >= 0.3 is 0 Å². The van der Waals surface area contributed by atoms with Gasteiger partial charge in [-0.25, -0.2) is 4.39 Å². The molecule has 0 saturated heterocycles. The minimum atomic E-state index is -0.219. The summed E-state index contributed by atoms with van der Waals surface area (Å²) in [6.45, 7) is 0. The van der Waals surface area contributed by atoms with Crippen LogP contribution in [0.4, 0.5) is 4.39 Å². The highest BCUT2D eigenvalue weighted by Gasteiger charge is 2.22. The summed E-state index contributed by atoms with van der Waals surface area (Å²) in [5.41, 5.74) is 5.55. The van der Waals surface area contributed by atoms with Gasteiger partial charge in [-0.05, 0) is 46.8 Å². The number of nitrogens with one attached hydrogen (secondary N) is 2. The Hall–Kier alpha value is -3.33. The van der Waals surface area contributed by atoms with Crippen LogP contribution >= 0.6 is 0 Å². The Morgan fingerprint density at radius 3 is 2.31 bits per heavy atom. The molecule has 0 amide bonds. The summed E-state index contributed by atoms with van der Waals surface area (Å²) < 4.78 is 13.5. The van der Waals surface area contributed by atoms with Crippen molar-refractivity contribution < 1.29 is 4.39 Å². The standard InChI is InChI=1S/C23H17FN2/c24-17-11-9-15(10-12-17)23(19-14-25-21-8-4-2-6-18(19)21)22-13-16-5-1-3-7-20(16)26-22/h1-14,23,25-26H. The Kier molecular flexibility index (Phi) is 3.39. The topological polar surface area (TPSA) is 31.6 Å². The molecule has 126 valence electrons. The van der Waals surface area contributed by atoms with Gasteiger partial charge in [0.1, 0.15) is 5.82 Å². The molecule has 1 unspecified atom stereocenters. The van der Waals surface area contributed by atoms with E-state index in [0.29, 0.717) is 0 Å². The highest BCUT2D eigenvalue weighted by molar-refractivity contribution is 5.86. The van der Waals surface area contributed by atoms with Crippen molar-refractivity contribution in [2.24, 2.45) is 0 Å². The second-order valence-corrected chi connectivity index (χ2v) is 6.59. The molecule has 0 spiro atoms. The van der Waals surface area contributed by atoms with Crippen LogP contribution in [-0.4, -0.2) is 9.97 Å². The van der Waals surface area contributed by atoms with Crippen molar-refractivity contribution in [1.29, 1.82) is 0 Å². The number of hydrogen-bond acceptors (Lipinski definition) is 0. The first-order valence-electron chi connectivity index (χ1n) is 8.69. The van der Waals surface area contributed by atoms with Crippen LogP contribution in [0.1, 0.15) is 22.7 Å². The summed E-state index contributed by atoms with van der Waals surface area (Å²) in [5.74, 6) is -0.220. The summed E-state index contributed by atoms with van der Waals surface area (Å²) in [4.78, 5) is 6.92. The number of aromatic nitrogens is 2. The molecule has 0 bridgehead atoms. The molecule has 0 radical (unpaired) electrons. The lowest BCUT2D eigenvalue weighted by atomic mass is 9.88. The molecule has 3 heteroatoms. The lowest BCUT2D eigenvalue weighted by Crippen LogP contribution is -2.03. The van der Waals surface area contributed by atoms with Crippen molar-refractivity contribution in [1.82, 2.24) is 9.97 Å². The van der Waals surface area contributed by atoms with E-state index in [4.69, 9.17) is 0 Å². The predicted molar refractivity (Wildman–Crippen MR) is 104 cm³/mol. The van der Waals surface area contributed by atoms with E-state index in [1.54, 1.807) is 0 Å². The van der Waals surface area contributed by atoms with Crippen LogP contribution in [0.25, 0.3) is 21.8 Å². The number of para-hydroxylation sites is 2. The molecule has 5 rings (SSSR count). The van der Waals surface area contributed by atoms with Gasteiger partial charge in [0, 0.05) is 28.3 Å². The minimum absolute atomic E-state index is 0.000787. The van der Waals surface area contributed by atoms with E-state index in [0.717, 1.165) is 22.3 Å². The molecule has 2 heterocycles. The summed E-state index contributed by atoms with van der Waals surface area (Å²) in [7, 11) is 0. The molecule has 0 aliphatic rings. The zero-order valence-corrected chi connectivity index (χ0v) is 14.0. The van der Waals surface area contributed by atoms with Crippen LogP contribution in [0.3, 0.4) is 0 Å². The number of halogens is 1. The van der Waals surface area contributed by atoms with Gasteiger partial charge in [0.05, 0.1) is 5.92 Å². The van der Waals surface area contributed by atoms with E-state index in [1.807, 2.05) is 36.4 Å². The molecule has 2 N–H and O–H groups in total. The lowest BCUT2D eigenvalue weighted by Gasteiger charge is -2.16. The molecule has 0 aliphatic heterocycles. The number of aromatic amines is 2. The van der Waals surface area contributed by atoms with Gasteiger partial charge in [0.25, 0.3) is 0 Å². The third-order valence-corrected chi connectivity index (χ3v) is 5.00. The molecule has 3 aromatic carbocycles. The second-order valence-electron chi connectivity index (χ2n) is 6.59. The van der Waals surface area contributed by atoms with E-state index < -0.39 is 0 Å². The van der Waals surface area contributed by atoms with Crippen molar-refractivity contribution in [3.8, 4) is 0 Å². The van der Waals surface area contributed by atoms with Gasteiger partial charge in [-0.1, -0.05) is 48.5 Å². The summed E-state index contributed by atoms with van der Waals surface area (Å²) in [6, 6.07) is 25.5. The van der Waals surface area contributed by atoms with Crippen molar-refractivity contribution >= 4 is 21.8 Å². The molecule has 1 atom stereocenters. The molecule has 5 aromatic rings. The first-order valence-corrected chi connectivity index (χ1v) is 8.69. The fourth-order valence-electron chi connectivity index (χ4n) is 3.77. The Labute approximate surface area is 150 Å². The largest absolute Gasteiger partial charge is 0.361 e. The van der Waals surface area contributed by atoms with Crippen molar-refractivity contribution in [3.05, 3.63) is 108 Å². The molecule has 0 aliphatic carbocycles. The third kappa shape index (κ3) is 2.40. The van der Waals surface area contributed by atoms with E-state index in [9.17, 15) is 4.39 Å². The fraction of sp³-hybridized carbons (Fsp3) is 0.0435. The molecule has 2 nitrogen and oxygen atoms in total. The summed E-state index contributed by atoms with van der Waals surface area (Å²) in [6.07, 6.45) is 2.06. The van der Waals surface area contributed by atoms with E-state index in [2.05, 4.69) is 46.5 Å². The van der Waals surface area contributed by atoms with Crippen molar-refractivity contribution in [3.63, 3.8) is 0 Å². The molecule has 26 heavy (non-hydrogen) atoms. The first kappa shape index (κ1) is 15.0. The Balaban J connectivity index is 1.76. The minimum Gasteiger partial charge on any atom is -0.361 e. The number of fused-ring (bicyclic) bond motifs is 2. The average molecular weight is 340 g/mol. The molecule has 0 fully saturated rings. The first-order chi connectivity index (χ1) is 12.8. The highest BCUT2D eigenvalue weighted by atomic mass is 19.1. The Bertz CT molecular complexity index is 1160. The van der Waals surface area contributed by atoms with Crippen LogP contribution in [0.15, 0.2) is 85.1 Å². The zero-order valence-electron chi connectivity index (χ0n) is 14.0. The normalized spacial score (nSPS) is 12.7. The van der Waals surface area contributed by atoms with Gasteiger partial charge in [-0.3, -0.25) is 0 Å². The Morgan fingerprint density at radius 2 is 1.50 bits per heavy atom. The maximum absolute atomic E-state index is 13.5. The third-order valence-electron chi connectivity index (χ3n) is 5.00. The maximum Gasteiger partial charge on any atom is 0.123 e. The quantitative estimate of drug-likeness (QED) is 0.405. The van der Waals surface area contributed by atoms with Crippen molar-refractivity contribution in [2.45, 2.75) is 5.92 Å². The van der Waals surface area contributed by atoms with Gasteiger partial charge in [-0.2, -0.15) is 0 Å². The smallest absolute Gasteiger partial charge is 0.123 e. The number of hydrogen-bond donors (Lipinski definition) is 2. The summed E-state index contributed by atoms with van der Waals surface area (Å²) >= 11 is 0. The predicted octanol–water partition coefficient (Wildman–Crippen LogP) is 5.97. The summed E-state index contributed by atoms with van der Waals surface area (Å²) in [5, 5.41) is 2.36. The fourth-order valence-corrected chi connectivity index (χ4v) is 3.77.